The van der Waals surface area contributed by atoms with Crippen LogP contribution in [0.1, 0.15) is 30.9 Å². The van der Waals surface area contributed by atoms with Gasteiger partial charge >= 0.3 is 0 Å². The number of carbonyl (C=O) groups is 1. The molecule has 1 fully saturated rings. The van der Waals surface area contributed by atoms with Crippen molar-refractivity contribution in [3.8, 4) is 5.75 Å². The van der Waals surface area contributed by atoms with E-state index in [4.69, 9.17) is 14.2 Å². The number of nitrogens with one attached hydrogen (secondary N) is 1. The molecule has 1 amide bonds. The van der Waals surface area contributed by atoms with Crippen LogP contribution in [0, 0.1) is 0 Å². The van der Waals surface area contributed by atoms with E-state index < -0.39 is 6.10 Å². The summed E-state index contributed by atoms with van der Waals surface area (Å²) in [6, 6.07) is 16.0. The second-order valence-electron chi connectivity index (χ2n) is 7.42. The zero-order valence-electron chi connectivity index (χ0n) is 16.9. The Kier molecular flexibility index (Phi) is 7.70. The summed E-state index contributed by atoms with van der Waals surface area (Å²) in [6.45, 7) is 4.12. The molecule has 0 bridgehead atoms. The molecule has 5 nitrogen and oxygen atoms in total. The number of halogens is 1. The van der Waals surface area contributed by atoms with E-state index in [1.807, 2.05) is 36.4 Å². The molecule has 3 rings (SSSR count). The van der Waals surface area contributed by atoms with Gasteiger partial charge in [0.25, 0.3) is 0 Å². The van der Waals surface area contributed by atoms with Gasteiger partial charge in [-0.25, -0.2) is 0 Å². The van der Waals surface area contributed by atoms with Gasteiger partial charge in [0.2, 0.25) is 5.91 Å². The van der Waals surface area contributed by atoms with E-state index in [0.717, 1.165) is 28.6 Å². The summed E-state index contributed by atoms with van der Waals surface area (Å²) in [6.07, 6.45) is 1.23. The maximum Gasteiger partial charge on any atom is 0.248 e. The van der Waals surface area contributed by atoms with Gasteiger partial charge in [-0.1, -0.05) is 40.2 Å². The third-order valence-electron chi connectivity index (χ3n) is 5.51. The third-order valence-corrected chi connectivity index (χ3v) is 6.04. The molecule has 1 unspecified atom stereocenters. The van der Waals surface area contributed by atoms with Crippen molar-refractivity contribution < 1.29 is 19.0 Å². The van der Waals surface area contributed by atoms with Crippen LogP contribution in [0.25, 0.3) is 0 Å². The Labute approximate surface area is 180 Å². The largest absolute Gasteiger partial charge is 0.497 e. The standard InChI is InChI=1S/C23H28BrNO4/c1-17(29-15-18-4-3-5-21(14-18)27-2)22(26)25-16-23(10-12-28-13-11-23)19-6-8-20(24)9-7-19/h3-9,14,17H,10-13,15-16H2,1-2H3,(H,25,26). The topological polar surface area (TPSA) is 56.8 Å². The predicted molar refractivity (Wildman–Crippen MR) is 116 cm³/mol. The fourth-order valence-electron chi connectivity index (χ4n) is 3.59. The number of rotatable bonds is 8. The summed E-state index contributed by atoms with van der Waals surface area (Å²) < 4.78 is 17.6. The first kappa shape index (κ1) is 21.8. The van der Waals surface area contributed by atoms with Crippen LogP contribution in [0.2, 0.25) is 0 Å². The lowest BCUT2D eigenvalue weighted by Gasteiger charge is -2.38. The van der Waals surface area contributed by atoms with Crippen molar-refractivity contribution in [2.45, 2.75) is 37.9 Å². The molecular weight excluding hydrogens is 434 g/mol. The van der Waals surface area contributed by atoms with Crippen LogP contribution in [-0.4, -0.2) is 38.9 Å². The molecule has 0 aromatic heterocycles. The Balaban J connectivity index is 1.58. The van der Waals surface area contributed by atoms with Crippen LogP contribution in [0.5, 0.6) is 5.75 Å². The van der Waals surface area contributed by atoms with Crippen molar-refractivity contribution in [2.75, 3.05) is 26.9 Å². The van der Waals surface area contributed by atoms with E-state index in [2.05, 4.69) is 33.4 Å². The van der Waals surface area contributed by atoms with Crippen LogP contribution in [0.4, 0.5) is 0 Å². The lowest BCUT2D eigenvalue weighted by Crippen LogP contribution is -2.47. The smallest absolute Gasteiger partial charge is 0.248 e. The van der Waals surface area contributed by atoms with E-state index in [1.54, 1.807) is 14.0 Å². The van der Waals surface area contributed by atoms with Gasteiger partial charge in [-0.15, -0.1) is 0 Å². The second-order valence-corrected chi connectivity index (χ2v) is 8.34. The quantitative estimate of drug-likeness (QED) is 0.638. The molecule has 6 heteroatoms. The number of hydrogen-bond acceptors (Lipinski definition) is 4. The van der Waals surface area contributed by atoms with Gasteiger partial charge in [0, 0.05) is 29.6 Å². The molecule has 1 aliphatic rings. The Bertz CT molecular complexity index is 803. The maximum absolute atomic E-state index is 12.7. The van der Waals surface area contributed by atoms with Gasteiger partial charge in [0.05, 0.1) is 13.7 Å². The van der Waals surface area contributed by atoms with Gasteiger partial charge in [-0.2, -0.15) is 0 Å². The first-order chi connectivity index (χ1) is 14.0. The molecule has 0 saturated carbocycles. The molecule has 2 aromatic carbocycles. The molecule has 156 valence electrons. The highest BCUT2D eigenvalue weighted by atomic mass is 79.9. The van der Waals surface area contributed by atoms with E-state index in [1.165, 1.54) is 5.56 Å². The first-order valence-corrected chi connectivity index (χ1v) is 10.7. The Morgan fingerprint density at radius 3 is 2.62 bits per heavy atom. The van der Waals surface area contributed by atoms with Crippen molar-refractivity contribution in [3.05, 3.63) is 64.1 Å². The zero-order valence-corrected chi connectivity index (χ0v) is 18.5. The number of amides is 1. The van der Waals surface area contributed by atoms with Crippen LogP contribution < -0.4 is 10.1 Å². The normalized spacial score (nSPS) is 16.8. The van der Waals surface area contributed by atoms with E-state index >= 15 is 0 Å². The summed E-state index contributed by atoms with van der Waals surface area (Å²) in [5, 5.41) is 3.11. The summed E-state index contributed by atoms with van der Waals surface area (Å²) >= 11 is 3.50. The van der Waals surface area contributed by atoms with Gasteiger partial charge in [0.1, 0.15) is 11.9 Å². The van der Waals surface area contributed by atoms with Crippen LogP contribution in [0.3, 0.4) is 0 Å². The van der Waals surface area contributed by atoms with Crippen molar-refractivity contribution in [1.29, 1.82) is 0 Å². The SMILES string of the molecule is COc1cccc(COC(C)C(=O)NCC2(c3ccc(Br)cc3)CCOCC2)c1. The lowest BCUT2D eigenvalue weighted by atomic mass is 9.74. The van der Waals surface area contributed by atoms with Crippen LogP contribution in [0.15, 0.2) is 53.0 Å². The van der Waals surface area contributed by atoms with Crippen molar-refractivity contribution >= 4 is 21.8 Å². The highest BCUT2D eigenvalue weighted by Crippen LogP contribution is 2.35. The van der Waals surface area contributed by atoms with Gasteiger partial charge in [-0.3, -0.25) is 4.79 Å². The van der Waals surface area contributed by atoms with E-state index in [0.29, 0.717) is 26.4 Å². The molecule has 0 aliphatic carbocycles. The number of hydrogen-bond donors (Lipinski definition) is 1. The minimum Gasteiger partial charge on any atom is -0.497 e. The highest BCUT2D eigenvalue weighted by molar-refractivity contribution is 9.10. The average Bonchev–Trinajstić information content (AvgIpc) is 2.77. The monoisotopic (exact) mass is 461 g/mol. The molecule has 2 aromatic rings. The Hall–Kier alpha value is -1.89. The second kappa shape index (κ2) is 10.2. The number of methoxy groups -OCH3 is 1. The van der Waals surface area contributed by atoms with Crippen molar-refractivity contribution in [2.24, 2.45) is 0 Å². The Morgan fingerprint density at radius 1 is 1.21 bits per heavy atom. The first-order valence-electron chi connectivity index (χ1n) is 9.88. The van der Waals surface area contributed by atoms with Gasteiger partial charge in [0.15, 0.2) is 0 Å². The van der Waals surface area contributed by atoms with Crippen molar-refractivity contribution in [1.82, 2.24) is 5.32 Å². The minimum atomic E-state index is -0.539. The minimum absolute atomic E-state index is 0.101. The average molecular weight is 462 g/mol. The number of benzene rings is 2. The molecule has 1 heterocycles. The van der Waals surface area contributed by atoms with Gasteiger partial charge < -0.3 is 19.5 Å². The number of carbonyl (C=O) groups excluding carboxylic acids is 1. The summed E-state index contributed by atoms with van der Waals surface area (Å²) in [7, 11) is 1.63. The van der Waals surface area contributed by atoms with Crippen molar-refractivity contribution in [3.63, 3.8) is 0 Å². The van der Waals surface area contributed by atoms with Crippen LogP contribution in [-0.2, 0) is 26.3 Å². The third kappa shape index (κ3) is 5.81. The maximum atomic E-state index is 12.7. The van der Waals surface area contributed by atoms with E-state index in [-0.39, 0.29) is 11.3 Å². The molecular formula is C23H28BrNO4. The highest BCUT2D eigenvalue weighted by Gasteiger charge is 2.35. The summed E-state index contributed by atoms with van der Waals surface area (Å²) in [5.41, 5.74) is 2.09. The zero-order chi connectivity index (χ0) is 20.7. The summed E-state index contributed by atoms with van der Waals surface area (Å²) in [4.78, 5) is 12.7. The molecule has 0 radical (unpaired) electrons. The van der Waals surface area contributed by atoms with Crippen LogP contribution >= 0.6 is 15.9 Å². The fraction of sp³-hybridized carbons (Fsp3) is 0.435. The molecule has 1 saturated heterocycles. The fourth-order valence-corrected chi connectivity index (χ4v) is 3.86. The molecule has 1 aliphatic heterocycles. The summed E-state index contributed by atoms with van der Waals surface area (Å²) in [5.74, 6) is 0.676. The lowest BCUT2D eigenvalue weighted by molar-refractivity contribution is -0.133. The molecule has 0 spiro atoms. The Morgan fingerprint density at radius 2 is 1.93 bits per heavy atom. The number of ether oxygens (including phenoxy) is 3. The molecule has 1 atom stereocenters. The molecule has 1 N–H and O–H groups in total. The molecule has 29 heavy (non-hydrogen) atoms. The predicted octanol–water partition coefficient (Wildman–Crippen LogP) is 4.23. The van der Waals surface area contributed by atoms with Gasteiger partial charge in [-0.05, 0) is 55.2 Å². The van der Waals surface area contributed by atoms with E-state index in [9.17, 15) is 4.79 Å².